The van der Waals surface area contributed by atoms with Crippen LogP contribution in [0.5, 0.6) is 11.5 Å². The number of fused-ring (bicyclic) bond motifs is 1. The number of likely N-dealkylation sites (N-methyl/N-ethyl adjacent to an activating group) is 1. The average molecular weight is 340 g/mol. The SMILES string of the molecule is CCOc1cccc(C(=O)Nc2ccc3c(c2)N(C)C(=O)[C@@H](C)O3)c1. The molecule has 6 heteroatoms. The molecule has 1 heterocycles. The Hall–Kier alpha value is -3.02. The molecule has 1 aliphatic heterocycles. The molecule has 0 bridgehead atoms. The maximum Gasteiger partial charge on any atom is 0.267 e. The standard InChI is InChI=1S/C19H20N2O4/c1-4-24-15-7-5-6-13(10-15)18(22)20-14-8-9-17-16(11-14)21(3)19(23)12(2)25-17/h5-12H,4H2,1-3H3,(H,20,22)/t12-/m1/s1. The number of amides is 2. The van der Waals surface area contributed by atoms with Gasteiger partial charge in [-0.15, -0.1) is 0 Å². The van der Waals surface area contributed by atoms with E-state index in [1.807, 2.05) is 6.92 Å². The van der Waals surface area contributed by atoms with Crippen LogP contribution in [0.2, 0.25) is 0 Å². The molecule has 2 amide bonds. The molecule has 0 aliphatic carbocycles. The lowest BCUT2D eigenvalue weighted by Crippen LogP contribution is -2.41. The Morgan fingerprint density at radius 1 is 1.28 bits per heavy atom. The van der Waals surface area contributed by atoms with Gasteiger partial charge in [0.2, 0.25) is 0 Å². The van der Waals surface area contributed by atoms with Crippen molar-refractivity contribution in [2.24, 2.45) is 0 Å². The van der Waals surface area contributed by atoms with E-state index in [9.17, 15) is 9.59 Å². The molecule has 0 saturated carbocycles. The first-order chi connectivity index (χ1) is 12.0. The van der Waals surface area contributed by atoms with E-state index < -0.39 is 6.10 Å². The van der Waals surface area contributed by atoms with E-state index in [0.29, 0.717) is 35.0 Å². The van der Waals surface area contributed by atoms with Crippen molar-refractivity contribution in [2.75, 3.05) is 23.9 Å². The van der Waals surface area contributed by atoms with Crippen LogP contribution in [0.3, 0.4) is 0 Å². The van der Waals surface area contributed by atoms with Crippen LogP contribution in [0.4, 0.5) is 11.4 Å². The van der Waals surface area contributed by atoms with Gasteiger partial charge in [-0.1, -0.05) is 6.07 Å². The molecule has 0 spiro atoms. The highest BCUT2D eigenvalue weighted by molar-refractivity contribution is 6.05. The summed E-state index contributed by atoms with van der Waals surface area (Å²) in [5.74, 6) is 0.889. The summed E-state index contributed by atoms with van der Waals surface area (Å²) in [5.41, 5.74) is 1.71. The number of hydrogen-bond donors (Lipinski definition) is 1. The van der Waals surface area contributed by atoms with E-state index in [-0.39, 0.29) is 11.8 Å². The summed E-state index contributed by atoms with van der Waals surface area (Å²) < 4.78 is 11.0. The van der Waals surface area contributed by atoms with Crippen LogP contribution in [0.25, 0.3) is 0 Å². The Morgan fingerprint density at radius 2 is 2.08 bits per heavy atom. The van der Waals surface area contributed by atoms with Crippen molar-refractivity contribution < 1.29 is 19.1 Å². The Labute approximate surface area is 146 Å². The van der Waals surface area contributed by atoms with Gasteiger partial charge in [-0.25, -0.2) is 0 Å². The molecular formula is C19H20N2O4. The monoisotopic (exact) mass is 340 g/mol. The zero-order valence-electron chi connectivity index (χ0n) is 14.4. The van der Waals surface area contributed by atoms with Crippen molar-refractivity contribution in [2.45, 2.75) is 20.0 Å². The molecule has 130 valence electrons. The van der Waals surface area contributed by atoms with Crippen LogP contribution in [-0.2, 0) is 4.79 Å². The first-order valence-corrected chi connectivity index (χ1v) is 8.12. The number of nitrogens with zero attached hydrogens (tertiary/aromatic N) is 1. The third-order valence-corrected chi connectivity index (χ3v) is 3.97. The van der Waals surface area contributed by atoms with Gasteiger partial charge in [0.05, 0.1) is 12.3 Å². The van der Waals surface area contributed by atoms with Gasteiger partial charge in [-0.2, -0.15) is 0 Å². The van der Waals surface area contributed by atoms with E-state index in [1.54, 1.807) is 56.4 Å². The Kier molecular flexibility index (Phi) is 4.61. The van der Waals surface area contributed by atoms with Crippen LogP contribution in [0, 0.1) is 0 Å². The summed E-state index contributed by atoms with van der Waals surface area (Å²) in [5, 5.41) is 2.84. The van der Waals surface area contributed by atoms with Gasteiger partial charge >= 0.3 is 0 Å². The molecule has 0 saturated heterocycles. The Bertz CT molecular complexity index is 819. The molecular weight excluding hydrogens is 320 g/mol. The fourth-order valence-electron chi connectivity index (χ4n) is 2.69. The molecule has 0 fully saturated rings. The molecule has 2 aromatic carbocycles. The summed E-state index contributed by atoms with van der Waals surface area (Å²) in [7, 11) is 1.69. The second-order valence-corrected chi connectivity index (χ2v) is 5.75. The minimum absolute atomic E-state index is 0.125. The Balaban J connectivity index is 1.81. The predicted octanol–water partition coefficient (Wildman–Crippen LogP) is 3.08. The zero-order chi connectivity index (χ0) is 18.0. The highest BCUT2D eigenvalue weighted by atomic mass is 16.5. The molecule has 1 N–H and O–H groups in total. The second-order valence-electron chi connectivity index (χ2n) is 5.75. The van der Waals surface area contributed by atoms with Crippen LogP contribution in [0.1, 0.15) is 24.2 Å². The number of nitrogens with one attached hydrogen (secondary N) is 1. The van der Waals surface area contributed by atoms with E-state index >= 15 is 0 Å². The molecule has 25 heavy (non-hydrogen) atoms. The van der Waals surface area contributed by atoms with Gasteiger partial charge in [-0.05, 0) is 50.2 Å². The van der Waals surface area contributed by atoms with E-state index in [1.165, 1.54) is 4.90 Å². The molecule has 3 rings (SSSR count). The summed E-state index contributed by atoms with van der Waals surface area (Å²) in [6.45, 7) is 4.14. The highest BCUT2D eigenvalue weighted by Crippen LogP contribution is 2.35. The molecule has 0 radical (unpaired) electrons. The van der Waals surface area contributed by atoms with Crippen LogP contribution < -0.4 is 19.7 Å². The summed E-state index contributed by atoms with van der Waals surface area (Å²) >= 11 is 0. The smallest absolute Gasteiger partial charge is 0.267 e. The van der Waals surface area contributed by atoms with Crippen molar-refractivity contribution in [3.05, 3.63) is 48.0 Å². The van der Waals surface area contributed by atoms with Gasteiger partial charge in [-0.3, -0.25) is 9.59 Å². The first-order valence-electron chi connectivity index (χ1n) is 8.12. The van der Waals surface area contributed by atoms with Crippen LogP contribution in [0.15, 0.2) is 42.5 Å². The third-order valence-electron chi connectivity index (χ3n) is 3.97. The van der Waals surface area contributed by atoms with Gasteiger partial charge < -0.3 is 19.7 Å². The van der Waals surface area contributed by atoms with E-state index in [4.69, 9.17) is 9.47 Å². The van der Waals surface area contributed by atoms with Crippen molar-refractivity contribution in [3.63, 3.8) is 0 Å². The number of carbonyl (C=O) groups is 2. The van der Waals surface area contributed by atoms with Gasteiger partial charge in [0.1, 0.15) is 11.5 Å². The van der Waals surface area contributed by atoms with Crippen LogP contribution in [-0.4, -0.2) is 31.6 Å². The molecule has 0 aromatic heterocycles. The molecule has 1 aliphatic rings. The Morgan fingerprint density at radius 3 is 2.84 bits per heavy atom. The number of benzene rings is 2. The number of ether oxygens (including phenoxy) is 2. The van der Waals surface area contributed by atoms with E-state index in [0.717, 1.165) is 0 Å². The fraction of sp³-hybridized carbons (Fsp3) is 0.263. The molecule has 6 nitrogen and oxygen atoms in total. The van der Waals surface area contributed by atoms with Crippen molar-refractivity contribution in [3.8, 4) is 11.5 Å². The lowest BCUT2D eigenvalue weighted by molar-refractivity contribution is -0.125. The molecule has 2 aromatic rings. The predicted molar refractivity (Wildman–Crippen MR) is 95.5 cm³/mol. The number of rotatable bonds is 4. The van der Waals surface area contributed by atoms with E-state index in [2.05, 4.69) is 5.32 Å². The number of hydrogen-bond acceptors (Lipinski definition) is 4. The largest absolute Gasteiger partial charge is 0.494 e. The van der Waals surface area contributed by atoms with Gasteiger partial charge in [0.25, 0.3) is 11.8 Å². The normalized spacial score (nSPS) is 16.0. The zero-order valence-corrected chi connectivity index (χ0v) is 14.4. The molecule has 1 atom stereocenters. The summed E-state index contributed by atoms with van der Waals surface area (Å²) in [4.78, 5) is 26.0. The van der Waals surface area contributed by atoms with Gasteiger partial charge in [0.15, 0.2) is 6.10 Å². The minimum Gasteiger partial charge on any atom is -0.494 e. The quantitative estimate of drug-likeness (QED) is 0.929. The summed E-state index contributed by atoms with van der Waals surface area (Å²) in [6, 6.07) is 12.2. The fourth-order valence-corrected chi connectivity index (χ4v) is 2.69. The second kappa shape index (κ2) is 6.84. The summed E-state index contributed by atoms with van der Waals surface area (Å²) in [6.07, 6.45) is -0.515. The van der Waals surface area contributed by atoms with Crippen LogP contribution >= 0.6 is 0 Å². The topological polar surface area (TPSA) is 67.9 Å². The number of anilines is 2. The lowest BCUT2D eigenvalue weighted by Gasteiger charge is -2.30. The van der Waals surface area contributed by atoms with Crippen molar-refractivity contribution in [1.29, 1.82) is 0 Å². The minimum atomic E-state index is -0.515. The first kappa shape index (κ1) is 16.8. The highest BCUT2D eigenvalue weighted by Gasteiger charge is 2.29. The molecule has 0 unspecified atom stereocenters. The van der Waals surface area contributed by atoms with Crippen molar-refractivity contribution >= 4 is 23.2 Å². The van der Waals surface area contributed by atoms with Gasteiger partial charge in [0, 0.05) is 18.3 Å². The van der Waals surface area contributed by atoms with Crippen molar-refractivity contribution in [1.82, 2.24) is 0 Å². The average Bonchev–Trinajstić information content (AvgIpc) is 2.61. The maximum atomic E-state index is 12.5. The number of carbonyl (C=O) groups excluding carboxylic acids is 2. The third kappa shape index (κ3) is 3.42. The maximum absolute atomic E-state index is 12.5. The lowest BCUT2D eigenvalue weighted by atomic mass is 10.1.